The van der Waals surface area contributed by atoms with Crippen molar-refractivity contribution in [2.45, 2.75) is 38.9 Å². The summed E-state index contributed by atoms with van der Waals surface area (Å²) < 4.78 is 7.39. The predicted molar refractivity (Wildman–Crippen MR) is 98.8 cm³/mol. The van der Waals surface area contributed by atoms with E-state index in [9.17, 15) is 4.79 Å². The third-order valence-electron chi connectivity index (χ3n) is 4.44. The van der Waals surface area contributed by atoms with Crippen molar-refractivity contribution in [1.29, 1.82) is 0 Å². The predicted octanol–water partition coefficient (Wildman–Crippen LogP) is 4.92. The minimum absolute atomic E-state index is 0.138. The molecule has 0 unspecified atom stereocenters. The molecule has 0 N–H and O–H groups in total. The van der Waals surface area contributed by atoms with E-state index in [1.807, 2.05) is 24.3 Å². The van der Waals surface area contributed by atoms with E-state index in [0.717, 1.165) is 15.8 Å². The topological polar surface area (TPSA) is 38.8 Å². The van der Waals surface area contributed by atoms with Gasteiger partial charge in [-0.2, -0.15) is 0 Å². The second-order valence-corrected chi connectivity index (χ2v) is 13.0. The monoisotopic (exact) mass is 351 g/mol. The molecule has 2 rings (SSSR count). The Labute approximate surface area is 143 Å². The van der Waals surface area contributed by atoms with Crippen molar-refractivity contribution in [3.05, 3.63) is 29.1 Å². The molecule has 0 aliphatic carbocycles. The lowest BCUT2D eigenvalue weighted by atomic mass is 10.2. The highest BCUT2D eigenvalue weighted by Crippen LogP contribution is 2.38. The summed E-state index contributed by atoms with van der Waals surface area (Å²) in [6.45, 7) is 11.1. The lowest BCUT2D eigenvalue weighted by Gasteiger charge is -2.36. The van der Waals surface area contributed by atoms with Gasteiger partial charge in [-0.15, -0.1) is 11.3 Å². The van der Waals surface area contributed by atoms with Crippen LogP contribution < -0.4 is 4.43 Å². The van der Waals surface area contributed by atoms with E-state index in [-0.39, 0.29) is 10.9 Å². The Balaban J connectivity index is 2.31. The van der Waals surface area contributed by atoms with Gasteiger partial charge in [-0.3, -0.25) is 9.63 Å². The summed E-state index contributed by atoms with van der Waals surface area (Å²) in [4.78, 5) is 17.8. The van der Waals surface area contributed by atoms with E-state index in [1.165, 1.54) is 23.5 Å². The highest BCUT2D eigenvalue weighted by molar-refractivity contribution is 7.20. The number of hydrogen-bond acceptors (Lipinski definition) is 4. The van der Waals surface area contributed by atoms with Gasteiger partial charge in [-0.05, 0) is 47.8 Å². The molecule has 0 aliphatic rings. The molecule has 1 amide bonds. The van der Waals surface area contributed by atoms with Crippen LogP contribution in [0.15, 0.2) is 24.3 Å². The third-order valence-corrected chi connectivity index (χ3v) is 9.89. The van der Waals surface area contributed by atoms with Crippen molar-refractivity contribution >= 4 is 35.6 Å². The van der Waals surface area contributed by atoms with Crippen molar-refractivity contribution in [2.24, 2.45) is 0 Å². The van der Waals surface area contributed by atoms with E-state index in [4.69, 9.17) is 9.26 Å². The summed E-state index contributed by atoms with van der Waals surface area (Å²) in [6.07, 6.45) is 0. The van der Waals surface area contributed by atoms with Gasteiger partial charge in [-0.25, -0.2) is 5.06 Å². The van der Waals surface area contributed by atoms with E-state index >= 15 is 0 Å². The van der Waals surface area contributed by atoms with E-state index < -0.39 is 8.32 Å². The first kappa shape index (κ1) is 18.0. The van der Waals surface area contributed by atoms with Crippen LogP contribution in [0.2, 0.25) is 18.1 Å². The number of amides is 1. The molecule has 0 aliphatic heterocycles. The van der Waals surface area contributed by atoms with Gasteiger partial charge >= 0.3 is 0 Å². The average molecular weight is 352 g/mol. The Bertz CT molecular complexity index is 718. The lowest BCUT2D eigenvalue weighted by Crippen LogP contribution is -2.43. The molecular weight excluding hydrogens is 326 g/mol. The van der Waals surface area contributed by atoms with Crippen LogP contribution in [0.1, 0.15) is 30.4 Å². The van der Waals surface area contributed by atoms with Gasteiger partial charge in [0.05, 0.1) is 12.0 Å². The number of carbonyl (C=O) groups is 1. The molecule has 0 saturated heterocycles. The number of rotatable bonds is 4. The van der Waals surface area contributed by atoms with Crippen LogP contribution in [0.4, 0.5) is 0 Å². The SMILES string of the molecule is CON(C)C(=O)c1cc2ccc(O[Si](C)(C)C(C)(C)C)cc2s1. The summed E-state index contributed by atoms with van der Waals surface area (Å²) in [6, 6.07) is 7.93. The van der Waals surface area contributed by atoms with E-state index in [2.05, 4.69) is 33.9 Å². The molecule has 2 aromatic rings. The van der Waals surface area contributed by atoms with Crippen LogP contribution in [-0.4, -0.2) is 33.4 Å². The molecule has 0 atom stereocenters. The first-order valence-corrected chi connectivity index (χ1v) is 11.3. The summed E-state index contributed by atoms with van der Waals surface area (Å²) in [7, 11) is 1.23. The lowest BCUT2D eigenvalue weighted by molar-refractivity contribution is -0.0753. The summed E-state index contributed by atoms with van der Waals surface area (Å²) >= 11 is 1.46. The molecule has 1 aromatic carbocycles. The minimum Gasteiger partial charge on any atom is -0.543 e. The Morgan fingerprint density at radius 3 is 2.43 bits per heavy atom. The maximum Gasteiger partial charge on any atom is 0.287 e. The summed E-state index contributed by atoms with van der Waals surface area (Å²) in [5.74, 6) is 0.741. The fourth-order valence-electron chi connectivity index (χ4n) is 1.87. The molecule has 1 heterocycles. The van der Waals surface area contributed by atoms with Gasteiger partial charge in [0.1, 0.15) is 5.75 Å². The van der Waals surface area contributed by atoms with Crippen LogP contribution in [-0.2, 0) is 4.84 Å². The number of benzene rings is 1. The minimum atomic E-state index is -1.86. The second-order valence-electron chi connectivity index (χ2n) is 7.16. The summed E-state index contributed by atoms with van der Waals surface area (Å²) in [5, 5.41) is 2.43. The quantitative estimate of drug-likeness (QED) is 0.580. The van der Waals surface area contributed by atoms with Crippen LogP contribution in [0.5, 0.6) is 5.75 Å². The number of fused-ring (bicyclic) bond motifs is 1. The number of carbonyl (C=O) groups excluding carboxylic acids is 1. The highest BCUT2D eigenvalue weighted by Gasteiger charge is 2.39. The van der Waals surface area contributed by atoms with Gasteiger partial charge in [0.25, 0.3) is 5.91 Å². The smallest absolute Gasteiger partial charge is 0.287 e. The first-order chi connectivity index (χ1) is 10.5. The Morgan fingerprint density at radius 1 is 1.22 bits per heavy atom. The van der Waals surface area contributed by atoms with Gasteiger partial charge in [0.15, 0.2) is 0 Å². The number of thiophene rings is 1. The number of nitrogens with zero attached hydrogens (tertiary/aromatic N) is 1. The molecule has 4 nitrogen and oxygen atoms in total. The van der Waals surface area contributed by atoms with Crippen molar-refractivity contribution in [2.75, 3.05) is 14.2 Å². The zero-order valence-corrected chi connectivity index (χ0v) is 16.7. The first-order valence-electron chi connectivity index (χ1n) is 7.60. The standard InChI is InChI=1S/C17H25NO3SSi/c1-17(2,3)23(6,7)21-13-9-8-12-10-15(22-14(12)11-13)16(19)18(4)20-5/h8-11H,1-7H3. The van der Waals surface area contributed by atoms with Crippen molar-refractivity contribution in [1.82, 2.24) is 5.06 Å². The van der Waals surface area contributed by atoms with Crippen LogP contribution >= 0.6 is 11.3 Å². The Kier molecular flexibility index (Phi) is 4.89. The van der Waals surface area contributed by atoms with E-state index in [0.29, 0.717) is 4.88 Å². The molecule has 0 spiro atoms. The molecule has 0 radical (unpaired) electrons. The van der Waals surface area contributed by atoms with Crippen molar-refractivity contribution in [3.8, 4) is 5.75 Å². The van der Waals surface area contributed by atoms with Crippen molar-refractivity contribution < 1.29 is 14.1 Å². The number of hydrogen-bond donors (Lipinski definition) is 0. The molecule has 6 heteroatoms. The average Bonchev–Trinajstić information content (AvgIpc) is 2.87. The maximum absolute atomic E-state index is 12.2. The van der Waals surface area contributed by atoms with Crippen LogP contribution in [0.25, 0.3) is 10.1 Å². The fraction of sp³-hybridized carbons (Fsp3) is 0.471. The highest BCUT2D eigenvalue weighted by atomic mass is 32.1. The fourth-order valence-corrected chi connectivity index (χ4v) is 3.95. The Morgan fingerprint density at radius 2 is 1.87 bits per heavy atom. The second kappa shape index (κ2) is 6.26. The Hall–Kier alpha value is -1.37. The summed E-state index contributed by atoms with van der Waals surface area (Å²) in [5.41, 5.74) is 0. The normalized spacial score (nSPS) is 12.5. The van der Waals surface area contributed by atoms with Crippen LogP contribution in [0, 0.1) is 0 Å². The third kappa shape index (κ3) is 3.76. The van der Waals surface area contributed by atoms with Gasteiger partial charge in [0, 0.05) is 11.7 Å². The molecular formula is C17H25NO3SSi. The maximum atomic E-state index is 12.2. The number of hydroxylamine groups is 2. The van der Waals surface area contributed by atoms with Crippen molar-refractivity contribution in [3.63, 3.8) is 0 Å². The van der Waals surface area contributed by atoms with Crippen LogP contribution in [0.3, 0.4) is 0 Å². The molecule has 126 valence electrons. The molecule has 0 saturated carbocycles. The van der Waals surface area contributed by atoms with Gasteiger partial charge in [0.2, 0.25) is 8.32 Å². The molecule has 0 bridgehead atoms. The molecule has 0 fully saturated rings. The zero-order valence-electron chi connectivity index (χ0n) is 14.9. The van der Waals surface area contributed by atoms with E-state index in [1.54, 1.807) is 7.05 Å². The van der Waals surface area contributed by atoms with Gasteiger partial charge < -0.3 is 4.43 Å². The molecule has 23 heavy (non-hydrogen) atoms. The zero-order chi connectivity index (χ0) is 17.4. The largest absolute Gasteiger partial charge is 0.543 e. The van der Waals surface area contributed by atoms with Gasteiger partial charge in [-0.1, -0.05) is 20.8 Å². The molecule has 1 aromatic heterocycles.